The highest BCUT2D eigenvalue weighted by atomic mass is 16.4. The molecule has 18 heavy (non-hydrogen) atoms. The number of nitrogens with one attached hydrogen (secondary N) is 1. The molecule has 3 rings (SSSR count). The number of aromatic carboxylic acids is 1. The Kier molecular flexibility index (Phi) is 2.06. The molecular weight excluding hydrogens is 236 g/mol. The first-order valence-electron chi connectivity index (χ1n) is 5.11. The lowest BCUT2D eigenvalue weighted by atomic mass is 10.2. The van der Waals surface area contributed by atoms with Crippen LogP contribution in [0.5, 0.6) is 5.75 Å². The van der Waals surface area contributed by atoms with Gasteiger partial charge in [0, 0.05) is 12.4 Å². The zero-order valence-electron chi connectivity index (χ0n) is 9.03. The number of carboxylic acid groups (broad SMARTS) is 1. The molecule has 0 aromatic carbocycles. The molecule has 0 radical (unpaired) electrons. The van der Waals surface area contributed by atoms with Crippen LogP contribution >= 0.6 is 0 Å². The molecule has 3 heterocycles. The van der Waals surface area contributed by atoms with Gasteiger partial charge in [0.05, 0.1) is 0 Å². The van der Waals surface area contributed by atoms with Crippen LogP contribution in [0.3, 0.4) is 0 Å². The van der Waals surface area contributed by atoms with Crippen LogP contribution in [0.15, 0.2) is 30.6 Å². The van der Waals surface area contributed by atoms with E-state index in [1.807, 2.05) is 12.1 Å². The lowest BCUT2D eigenvalue weighted by molar-refractivity contribution is 0.0687. The lowest BCUT2D eigenvalue weighted by Gasteiger charge is -1.91. The molecule has 7 nitrogen and oxygen atoms in total. The Bertz CT molecular complexity index is 711. The van der Waals surface area contributed by atoms with E-state index in [1.54, 1.807) is 22.9 Å². The van der Waals surface area contributed by atoms with E-state index in [-0.39, 0.29) is 11.4 Å². The number of pyridine rings is 1. The van der Waals surface area contributed by atoms with Crippen LogP contribution < -0.4 is 0 Å². The first-order valence-corrected chi connectivity index (χ1v) is 5.11. The topological polar surface area (TPSA) is 104 Å². The van der Waals surface area contributed by atoms with Crippen molar-refractivity contribution < 1.29 is 15.0 Å². The number of nitrogens with zero attached hydrogens (tertiary/aromatic N) is 3. The molecule has 90 valence electrons. The highest BCUT2D eigenvalue weighted by Crippen LogP contribution is 2.29. The number of aromatic nitrogens is 4. The molecule has 0 fully saturated rings. The number of carbonyl (C=O) groups is 1. The Morgan fingerprint density at radius 1 is 1.39 bits per heavy atom. The second kappa shape index (κ2) is 3.59. The summed E-state index contributed by atoms with van der Waals surface area (Å²) in [5.41, 5.74) is 0.868. The molecule has 0 aliphatic rings. The average Bonchev–Trinajstić information content (AvgIpc) is 2.91. The average molecular weight is 244 g/mol. The highest BCUT2D eigenvalue weighted by Gasteiger charge is 2.20. The zero-order valence-corrected chi connectivity index (χ0v) is 9.03. The summed E-state index contributed by atoms with van der Waals surface area (Å²) in [7, 11) is 0. The molecule has 7 heteroatoms. The molecule has 0 aliphatic carbocycles. The van der Waals surface area contributed by atoms with E-state index in [0.717, 1.165) is 0 Å². The summed E-state index contributed by atoms with van der Waals surface area (Å²) in [6.07, 6.45) is 3.46. The van der Waals surface area contributed by atoms with Crippen molar-refractivity contribution in [3.63, 3.8) is 0 Å². The van der Waals surface area contributed by atoms with Gasteiger partial charge in [-0.1, -0.05) is 6.07 Å². The summed E-state index contributed by atoms with van der Waals surface area (Å²) in [6.45, 7) is 0. The predicted octanol–water partition coefficient (Wildman–Crippen LogP) is 1.13. The summed E-state index contributed by atoms with van der Waals surface area (Å²) in [4.78, 5) is 15.0. The van der Waals surface area contributed by atoms with E-state index in [4.69, 9.17) is 5.11 Å². The molecule has 3 N–H and O–H groups in total. The second-order valence-corrected chi connectivity index (χ2v) is 3.69. The molecule has 0 bridgehead atoms. The molecule has 0 unspecified atom stereocenters. The van der Waals surface area contributed by atoms with Crippen LogP contribution in [0.2, 0.25) is 0 Å². The van der Waals surface area contributed by atoms with Gasteiger partial charge in [-0.2, -0.15) is 5.10 Å². The maximum atomic E-state index is 10.8. The fraction of sp³-hybridized carbons (Fsp3) is 0. The van der Waals surface area contributed by atoms with E-state index in [1.165, 1.54) is 0 Å². The lowest BCUT2D eigenvalue weighted by Crippen LogP contribution is -1.96. The summed E-state index contributed by atoms with van der Waals surface area (Å²) >= 11 is 0. The van der Waals surface area contributed by atoms with Gasteiger partial charge in [-0.3, -0.25) is 5.10 Å². The number of H-pyrrole nitrogens is 1. The first-order chi connectivity index (χ1) is 8.66. The van der Waals surface area contributed by atoms with E-state index < -0.39 is 11.7 Å². The summed E-state index contributed by atoms with van der Waals surface area (Å²) in [5, 5.41) is 24.6. The van der Waals surface area contributed by atoms with Crippen molar-refractivity contribution in [1.29, 1.82) is 0 Å². The molecule has 0 atom stereocenters. The van der Waals surface area contributed by atoms with Gasteiger partial charge in [0.25, 0.3) is 0 Å². The molecule has 3 aromatic rings. The minimum Gasteiger partial charge on any atom is -0.504 e. The standard InChI is InChI=1S/C11H8N4O3/c16-10-8(13-14-9(10)11(17)18)6-5-15-4-2-1-3-7(15)12-6/h1-5,16H,(H,13,14)(H,17,18). The maximum Gasteiger partial charge on any atom is 0.357 e. The molecule has 0 aliphatic heterocycles. The van der Waals surface area contributed by atoms with Crippen LogP contribution in [0.25, 0.3) is 17.0 Å². The van der Waals surface area contributed by atoms with Gasteiger partial charge in [0.1, 0.15) is 11.3 Å². The Labute approximate surface area is 100 Å². The van der Waals surface area contributed by atoms with Crippen LogP contribution in [-0.2, 0) is 0 Å². The van der Waals surface area contributed by atoms with Crippen molar-refractivity contribution in [1.82, 2.24) is 19.6 Å². The Balaban J connectivity index is 2.17. The molecule has 0 saturated carbocycles. The predicted molar refractivity (Wildman–Crippen MR) is 61.4 cm³/mol. The van der Waals surface area contributed by atoms with Crippen molar-refractivity contribution in [3.8, 4) is 17.1 Å². The molecule has 0 saturated heterocycles. The van der Waals surface area contributed by atoms with Gasteiger partial charge >= 0.3 is 5.97 Å². The maximum absolute atomic E-state index is 10.8. The largest absolute Gasteiger partial charge is 0.504 e. The molecular formula is C11H8N4O3. The van der Waals surface area contributed by atoms with Crippen molar-refractivity contribution in [2.75, 3.05) is 0 Å². The van der Waals surface area contributed by atoms with E-state index in [2.05, 4.69) is 15.2 Å². The molecule has 0 spiro atoms. The van der Waals surface area contributed by atoms with Crippen LogP contribution in [0.1, 0.15) is 10.5 Å². The number of hydrogen-bond donors (Lipinski definition) is 3. The summed E-state index contributed by atoms with van der Waals surface area (Å²) < 4.78 is 1.75. The third-order valence-electron chi connectivity index (χ3n) is 2.56. The van der Waals surface area contributed by atoms with Gasteiger partial charge < -0.3 is 14.6 Å². The third kappa shape index (κ3) is 1.41. The van der Waals surface area contributed by atoms with Crippen molar-refractivity contribution >= 4 is 11.6 Å². The van der Waals surface area contributed by atoms with E-state index in [0.29, 0.717) is 11.3 Å². The van der Waals surface area contributed by atoms with Gasteiger partial charge in [-0.25, -0.2) is 9.78 Å². The zero-order chi connectivity index (χ0) is 12.7. The number of rotatable bonds is 2. The third-order valence-corrected chi connectivity index (χ3v) is 2.56. The minimum absolute atomic E-state index is 0.121. The monoisotopic (exact) mass is 244 g/mol. The van der Waals surface area contributed by atoms with E-state index >= 15 is 0 Å². The van der Waals surface area contributed by atoms with Crippen molar-refractivity contribution in [2.24, 2.45) is 0 Å². The Morgan fingerprint density at radius 2 is 2.22 bits per heavy atom. The van der Waals surface area contributed by atoms with Gasteiger partial charge in [-0.05, 0) is 12.1 Å². The number of fused-ring (bicyclic) bond motifs is 1. The van der Waals surface area contributed by atoms with Crippen LogP contribution in [0, 0.1) is 0 Å². The second-order valence-electron chi connectivity index (χ2n) is 3.69. The van der Waals surface area contributed by atoms with Gasteiger partial charge in [-0.15, -0.1) is 0 Å². The Hall–Kier alpha value is -2.83. The quantitative estimate of drug-likeness (QED) is 0.626. The number of aromatic amines is 1. The van der Waals surface area contributed by atoms with Gasteiger partial charge in [0.15, 0.2) is 17.1 Å². The van der Waals surface area contributed by atoms with Crippen LogP contribution in [-0.4, -0.2) is 35.8 Å². The fourth-order valence-electron chi connectivity index (χ4n) is 1.71. The normalized spacial score (nSPS) is 10.9. The van der Waals surface area contributed by atoms with Crippen LogP contribution in [0.4, 0.5) is 0 Å². The fourth-order valence-corrected chi connectivity index (χ4v) is 1.71. The minimum atomic E-state index is -1.27. The Morgan fingerprint density at radius 3 is 2.89 bits per heavy atom. The smallest absolute Gasteiger partial charge is 0.357 e. The highest BCUT2D eigenvalue weighted by molar-refractivity contribution is 5.91. The number of imidazole rings is 1. The summed E-state index contributed by atoms with van der Waals surface area (Å²) in [5.74, 6) is -1.68. The first kappa shape index (κ1) is 10.3. The summed E-state index contributed by atoms with van der Waals surface area (Å²) in [6, 6.07) is 5.47. The van der Waals surface area contributed by atoms with Crippen molar-refractivity contribution in [2.45, 2.75) is 0 Å². The SMILES string of the molecule is O=C(O)c1[nH]nc(-c2cn3ccccc3n2)c1O. The van der Waals surface area contributed by atoms with E-state index in [9.17, 15) is 9.90 Å². The molecule has 3 aromatic heterocycles. The van der Waals surface area contributed by atoms with Crippen molar-refractivity contribution in [3.05, 3.63) is 36.3 Å². The number of hydrogen-bond acceptors (Lipinski definition) is 4. The molecule has 0 amide bonds. The number of carboxylic acids is 1. The number of aromatic hydroxyl groups is 1. The van der Waals surface area contributed by atoms with Gasteiger partial charge in [0.2, 0.25) is 0 Å².